The van der Waals surface area contributed by atoms with E-state index in [0.717, 1.165) is 11.3 Å². The molecule has 0 saturated heterocycles. The van der Waals surface area contributed by atoms with Gasteiger partial charge in [0.15, 0.2) is 0 Å². The Hall–Kier alpha value is -2.56. The molecule has 0 aliphatic rings. The van der Waals surface area contributed by atoms with Crippen molar-refractivity contribution in [2.75, 3.05) is 13.7 Å². The van der Waals surface area contributed by atoms with Crippen molar-refractivity contribution in [3.05, 3.63) is 59.4 Å². The van der Waals surface area contributed by atoms with E-state index in [1.807, 2.05) is 30.3 Å². The molecule has 1 aromatic carbocycles. The lowest BCUT2D eigenvalue weighted by molar-refractivity contribution is -0.143. The molecule has 0 spiro atoms. The fourth-order valence-electron chi connectivity index (χ4n) is 2.23. The number of methoxy groups -OCH3 is 1. The molecule has 0 aliphatic heterocycles. The minimum absolute atomic E-state index is 0.0764. The first-order chi connectivity index (χ1) is 10.6. The smallest absolute Gasteiger partial charge is 0.339 e. The van der Waals surface area contributed by atoms with Gasteiger partial charge in [-0.25, -0.2) is 4.79 Å². The highest BCUT2D eigenvalue weighted by Crippen LogP contribution is 2.15. The predicted molar refractivity (Wildman–Crippen MR) is 81.7 cm³/mol. The highest BCUT2D eigenvalue weighted by atomic mass is 16.5. The second-order valence-corrected chi connectivity index (χ2v) is 4.81. The van der Waals surface area contributed by atoms with Crippen molar-refractivity contribution in [2.24, 2.45) is 0 Å². The summed E-state index contributed by atoms with van der Waals surface area (Å²) >= 11 is 0. The Balaban J connectivity index is 2.26. The topological polar surface area (TPSA) is 57.5 Å². The molecule has 0 saturated carbocycles. The number of esters is 2. The van der Waals surface area contributed by atoms with Crippen LogP contribution in [-0.4, -0.2) is 30.2 Å². The zero-order chi connectivity index (χ0) is 15.9. The fraction of sp³-hybridized carbons (Fsp3) is 0.294. The Labute approximate surface area is 129 Å². The number of nitrogens with zero attached hydrogens (tertiary/aromatic N) is 1. The Bertz CT molecular complexity index is 646. The van der Waals surface area contributed by atoms with Crippen molar-refractivity contribution in [1.82, 2.24) is 4.57 Å². The van der Waals surface area contributed by atoms with Crippen LogP contribution in [0.4, 0.5) is 0 Å². The molecule has 0 amide bonds. The minimum Gasteiger partial charge on any atom is -0.465 e. The van der Waals surface area contributed by atoms with E-state index in [2.05, 4.69) is 0 Å². The molecule has 1 heterocycles. The van der Waals surface area contributed by atoms with E-state index in [-0.39, 0.29) is 12.5 Å². The van der Waals surface area contributed by atoms with Gasteiger partial charge in [0.05, 0.1) is 19.3 Å². The molecule has 0 atom stereocenters. The molecular weight excluding hydrogens is 282 g/mol. The number of rotatable bonds is 6. The van der Waals surface area contributed by atoms with E-state index in [0.29, 0.717) is 18.6 Å². The van der Waals surface area contributed by atoms with Crippen LogP contribution in [0.3, 0.4) is 0 Å². The molecule has 2 rings (SSSR count). The van der Waals surface area contributed by atoms with Gasteiger partial charge in [-0.05, 0) is 18.6 Å². The van der Waals surface area contributed by atoms with Gasteiger partial charge in [-0.15, -0.1) is 0 Å². The van der Waals surface area contributed by atoms with E-state index in [4.69, 9.17) is 9.47 Å². The van der Waals surface area contributed by atoms with Crippen molar-refractivity contribution >= 4 is 11.9 Å². The van der Waals surface area contributed by atoms with Gasteiger partial charge in [0, 0.05) is 18.3 Å². The van der Waals surface area contributed by atoms with Gasteiger partial charge in [-0.2, -0.15) is 0 Å². The van der Waals surface area contributed by atoms with Crippen LogP contribution in [0.5, 0.6) is 0 Å². The van der Waals surface area contributed by atoms with Crippen molar-refractivity contribution in [2.45, 2.75) is 19.9 Å². The summed E-state index contributed by atoms with van der Waals surface area (Å²) in [6.45, 7) is 2.17. The first kappa shape index (κ1) is 15.8. The molecule has 5 heteroatoms. The number of aromatic nitrogens is 1. The Morgan fingerprint density at radius 1 is 1.18 bits per heavy atom. The molecule has 2 aromatic rings. The Morgan fingerprint density at radius 2 is 1.91 bits per heavy atom. The molecular formula is C17H19NO4. The van der Waals surface area contributed by atoms with Crippen molar-refractivity contribution < 1.29 is 19.1 Å². The maximum atomic E-state index is 11.7. The van der Waals surface area contributed by atoms with E-state index in [1.54, 1.807) is 23.8 Å². The third kappa shape index (κ3) is 3.97. The summed E-state index contributed by atoms with van der Waals surface area (Å²) in [6.07, 6.45) is 2.25. The highest BCUT2D eigenvalue weighted by Gasteiger charge is 2.15. The van der Waals surface area contributed by atoms with Crippen LogP contribution < -0.4 is 0 Å². The number of hydrogen-bond donors (Lipinski definition) is 0. The predicted octanol–water partition coefficient (Wildman–Crippen LogP) is 2.43. The van der Waals surface area contributed by atoms with E-state index < -0.39 is 5.97 Å². The summed E-state index contributed by atoms with van der Waals surface area (Å²) in [5, 5.41) is 0. The second kappa shape index (κ2) is 7.45. The zero-order valence-corrected chi connectivity index (χ0v) is 12.7. The van der Waals surface area contributed by atoms with Gasteiger partial charge in [0.1, 0.15) is 6.54 Å². The van der Waals surface area contributed by atoms with E-state index in [1.165, 1.54) is 7.11 Å². The molecule has 0 radical (unpaired) electrons. The highest BCUT2D eigenvalue weighted by molar-refractivity contribution is 5.89. The van der Waals surface area contributed by atoms with Crippen LogP contribution in [0.15, 0.2) is 42.6 Å². The van der Waals surface area contributed by atoms with Crippen molar-refractivity contribution in [1.29, 1.82) is 0 Å². The largest absolute Gasteiger partial charge is 0.465 e. The number of carbonyl (C=O) groups is 2. The molecule has 0 fully saturated rings. The van der Waals surface area contributed by atoms with Gasteiger partial charge in [-0.3, -0.25) is 4.79 Å². The Kier molecular flexibility index (Phi) is 5.36. The van der Waals surface area contributed by atoms with Crippen LogP contribution in [0, 0.1) is 0 Å². The van der Waals surface area contributed by atoms with Crippen LogP contribution in [0.1, 0.15) is 28.5 Å². The summed E-state index contributed by atoms with van der Waals surface area (Å²) in [6, 6.07) is 11.6. The van der Waals surface area contributed by atoms with Crippen LogP contribution >= 0.6 is 0 Å². The van der Waals surface area contributed by atoms with Crippen molar-refractivity contribution in [3.63, 3.8) is 0 Å². The lowest BCUT2D eigenvalue weighted by Gasteiger charge is -2.08. The number of carbonyl (C=O) groups excluding carboxylic acids is 2. The second-order valence-electron chi connectivity index (χ2n) is 4.81. The van der Waals surface area contributed by atoms with Crippen LogP contribution in [-0.2, 0) is 27.2 Å². The van der Waals surface area contributed by atoms with Gasteiger partial charge in [0.2, 0.25) is 0 Å². The van der Waals surface area contributed by atoms with E-state index in [9.17, 15) is 9.59 Å². The third-order valence-corrected chi connectivity index (χ3v) is 3.24. The quantitative estimate of drug-likeness (QED) is 0.769. The minimum atomic E-state index is -0.420. The fourth-order valence-corrected chi connectivity index (χ4v) is 2.23. The maximum absolute atomic E-state index is 11.7. The summed E-state index contributed by atoms with van der Waals surface area (Å²) in [5.74, 6) is -0.749. The summed E-state index contributed by atoms with van der Waals surface area (Å²) in [4.78, 5) is 23.4. The van der Waals surface area contributed by atoms with E-state index >= 15 is 0 Å². The molecule has 0 unspecified atom stereocenters. The lowest BCUT2D eigenvalue weighted by Crippen LogP contribution is -2.14. The molecule has 0 N–H and O–H groups in total. The monoisotopic (exact) mass is 301 g/mol. The number of benzene rings is 1. The molecule has 1 aromatic heterocycles. The summed E-state index contributed by atoms with van der Waals surface area (Å²) < 4.78 is 11.4. The summed E-state index contributed by atoms with van der Waals surface area (Å²) in [5.41, 5.74) is 2.39. The SMILES string of the molecule is CCOC(=O)Cn1cc(C(=O)OC)cc1Cc1ccccc1. The third-order valence-electron chi connectivity index (χ3n) is 3.24. The lowest BCUT2D eigenvalue weighted by atomic mass is 10.1. The summed E-state index contributed by atoms with van der Waals surface area (Å²) in [7, 11) is 1.34. The van der Waals surface area contributed by atoms with Crippen LogP contribution in [0.25, 0.3) is 0 Å². The number of hydrogen-bond acceptors (Lipinski definition) is 4. The van der Waals surface area contributed by atoms with Gasteiger partial charge >= 0.3 is 11.9 Å². The first-order valence-electron chi connectivity index (χ1n) is 7.11. The molecule has 0 aliphatic carbocycles. The number of ether oxygens (including phenoxy) is 2. The molecule has 116 valence electrons. The normalized spacial score (nSPS) is 10.3. The molecule has 0 bridgehead atoms. The average Bonchev–Trinajstić information content (AvgIpc) is 2.90. The van der Waals surface area contributed by atoms with Gasteiger partial charge in [-0.1, -0.05) is 30.3 Å². The Morgan fingerprint density at radius 3 is 2.55 bits per heavy atom. The van der Waals surface area contributed by atoms with Crippen LogP contribution in [0.2, 0.25) is 0 Å². The van der Waals surface area contributed by atoms with Gasteiger partial charge < -0.3 is 14.0 Å². The van der Waals surface area contributed by atoms with Gasteiger partial charge in [0.25, 0.3) is 0 Å². The average molecular weight is 301 g/mol. The zero-order valence-electron chi connectivity index (χ0n) is 12.7. The standard InChI is InChI=1S/C17H19NO4/c1-3-22-16(19)12-18-11-14(17(20)21-2)10-15(18)9-13-7-5-4-6-8-13/h4-8,10-11H,3,9,12H2,1-2H3. The first-order valence-corrected chi connectivity index (χ1v) is 7.11. The molecule has 5 nitrogen and oxygen atoms in total. The molecule has 22 heavy (non-hydrogen) atoms. The van der Waals surface area contributed by atoms with Crippen molar-refractivity contribution in [3.8, 4) is 0 Å². The maximum Gasteiger partial charge on any atom is 0.339 e.